The van der Waals surface area contributed by atoms with Gasteiger partial charge in [-0.1, -0.05) is 60.7 Å². The summed E-state index contributed by atoms with van der Waals surface area (Å²) >= 11 is 0. The van der Waals surface area contributed by atoms with Gasteiger partial charge in [0.15, 0.2) is 0 Å². The molecule has 0 bridgehead atoms. The zero-order valence-corrected chi connectivity index (χ0v) is 15.2. The van der Waals surface area contributed by atoms with E-state index in [-0.39, 0.29) is 0 Å². The molecule has 5 aromatic rings. The highest BCUT2D eigenvalue weighted by Crippen LogP contribution is 2.30. The Labute approximate surface area is 163 Å². The molecule has 0 unspecified atom stereocenters. The predicted octanol–water partition coefficient (Wildman–Crippen LogP) is 6.60. The third-order valence-electron chi connectivity index (χ3n) is 5.21. The minimum absolute atomic E-state index is 0.504. The Morgan fingerprint density at radius 3 is 2.00 bits per heavy atom. The van der Waals surface area contributed by atoms with Gasteiger partial charge in [0.05, 0.1) is 11.6 Å². The van der Waals surface area contributed by atoms with Gasteiger partial charge in [0.1, 0.15) is 12.4 Å². The number of nitrogens with zero attached hydrogens (tertiary/aromatic N) is 1. The fourth-order valence-corrected chi connectivity index (χ4v) is 3.80. The average molecular weight is 359 g/mol. The fourth-order valence-electron chi connectivity index (χ4n) is 3.80. The molecule has 0 N–H and O–H groups in total. The summed E-state index contributed by atoms with van der Waals surface area (Å²) in [5.41, 5.74) is 1.87. The maximum atomic E-state index is 9.06. The summed E-state index contributed by atoms with van der Waals surface area (Å²) in [6.07, 6.45) is 0. The van der Waals surface area contributed by atoms with Crippen LogP contribution in [-0.2, 0) is 6.61 Å². The molecule has 0 fully saturated rings. The maximum Gasteiger partial charge on any atom is 0.120 e. The van der Waals surface area contributed by atoms with Crippen LogP contribution in [0.1, 0.15) is 11.1 Å². The molecule has 0 heterocycles. The highest BCUT2D eigenvalue weighted by atomic mass is 16.5. The third kappa shape index (κ3) is 2.84. The largest absolute Gasteiger partial charge is 0.489 e. The van der Waals surface area contributed by atoms with Gasteiger partial charge in [-0.05, 0) is 62.6 Å². The Bertz CT molecular complexity index is 1320. The van der Waals surface area contributed by atoms with Gasteiger partial charge < -0.3 is 4.74 Å². The van der Waals surface area contributed by atoms with Gasteiger partial charge in [0, 0.05) is 5.56 Å². The first-order valence-electron chi connectivity index (χ1n) is 9.28. The van der Waals surface area contributed by atoms with Crippen molar-refractivity contribution in [2.75, 3.05) is 0 Å². The van der Waals surface area contributed by atoms with Gasteiger partial charge in [0.2, 0.25) is 0 Å². The van der Waals surface area contributed by atoms with Crippen molar-refractivity contribution in [2.45, 2.75) is 6.61 Å². The van der Waals surface area contributed by atoms with E-state index >= 15 is 0 Å². The van der Waals surface area contributed by atoms with Crippen LogP contribution in [0.25, 0.3) is 32.3 Å². The lowest BCUT2D eigenvalue weighted by Gasteiger charge is -2.13. The maximum absolute atomic E-state index is 9.06. The van der Waals surface area contributed by atoms with Crippen LogP contribution in [0.2, 0.25) is 0 Å². The highest BCUT2D eigenvalue weighted by molar-refractivity contribution is 6.02. The molecule has 0 radical (unpaired) electrons. The molecule has 0 amide bonds. The molecule has 0 aromatic heterocycles. The average Bonchev–Trinajstić information content (AvgIpc) is 2.76. The number of ether oxygens (including phenoxy) is 1. The summed E-state index contributed by atoms with van der Waals surface area (Å²) < 4.78 is 6.21. The second-order valence-corrected chi connectivity index (χ2v) is 6.92. The van der Waals surface area contributed by atoms with Gasteiger partial charge in [-0.3, -0.25) is 0 Å². The van der Waals surface area contributed by atoms with Crippen LogP contribution in [0, 0.1) is 11.3 Å². The molecule has 0 spiro atoms. The zero-order chi connectivity index (χ0) is 18.9. The molecule has 5 rings (SSSR count). The highest BCUT2D eigenvalue weighted by Gasteiger charge is 2.08. The molecular formula is C26H17NO. The number of nitriles is 1. The summed E-state index contributed by atoms with van der Waals surface area (Å²) in [4.78, 5) is 0. The lowest BCUT2D eigenvalue weighted by atomic mass is 9.97. The molecule has 0 aliphatic heterocycles. The monoisotopic (exact) mass is 359 g/mol. The summed E-state index contributed by atoms with van der Waals surface area (Å²) in [6.45, 7) is 0.504. The molecule has 0 aliphatic rings. The van der Waals surface area contributed by atoms with Crippen LogP contribution in [0.4, 0.5) is 0 Å². The van der Waals surface area contributed by atoms with Crippen LogP contribution in [-0.4, -0.2) is 0 Å². The quantitative estimate of drug-likeness (QED) is 0.340. The predicted molar refractivity (Wildman–Crippen MR) is 114 cm³/mol. The van der Waals surface area contributed by atoms with Gasteiger partial charge in [0.25, 0.3) is 0 Å². The first kappa shape index (κ1) is 16.4. The van der Waals surface area contributed by atoms with E-state index in [4.69, 9.17) is 10.00 Å². The Hall–Kier alpha value is -3.83. The second kappa shape index (κ2) is 6.72. The molecule has 132 valence electrons. The van der Waals surface area contributed by atoms with E-state index in [2.05, 4.69) is 60.7 Å². The number of fused-ring (bicyclic) bond motifs is 3. The van der Waals surface area contributed by atoms with Crippen LogP contribution in [0.15, 0.2) is 91.0 Å². The van der Waals surface area contributed by atoms with E-state index in [1.165, 1.54) is 27.1 Å². The summed E-state index contributed by atoms with van der Waals surface area (Å²) in [7, 11) is 0. The van der Waals surface area contributed by atoms with E-state index in [9.17, 15) is 0 Å². The zero-order valence-electron chi connectivity index (χ0n) is 15.2. The standard InChI is InChI=1S/C26H17NO/c27-16-18-9-10-20-15-23(12-11-19(20)13-18)28-17-26-24-7-3-1-5-21(24)14-22-6-2-4-8-25(22)26/h1-15H,17H2. The van der Waals surface area contributed by atoms with Crippen molar-refractivity contribution < 1.29 is 4.74 Å². The van der Waals surface area contributed by atoms with Crippen molar-refractivity contribution >= 4 is 32.3 Å². The Kier molecular flexibility index (Phi) is 3.92. The number of rotatable bonds is 3. The minimum Gasteiger partial charge on any atom is -0.489 e. The van der Waals surface area contributed by atoms with Gasteiger partial charge in [-0.2, -0.15) is 5.26 Å². The molecule has 5 aromatic carbocycles. The number of hydrogen-bond donors (Lipinski definition) is 0. The van der Waals surface area contributed by atoms with Gasteiger partial charge >= 0.3 is 0 Å². The van der Waals surface area contributed by atoms with E-state index in [0.29, 0.717) is 12.2 Å². The number of benzene rings is 5. The van der Waals surface area contributed by atoms with E-state index in [0.717, 1.165) is 16.5 Å². The summed E-state index contributed by atoms with van der Waals surface area (Å²) in [5.74, 6) is 0.828. The molecule has 28 heavy (non-hydrogen) atoms. The van der Waals surface area contributed by atoms with Gasteiger partial charge in [-0.25, -0.2) is 0 Å². The second-order valence-electron chi connectivity index (χ2n) is 6.92. The van der Waals surface area contributed by atoms with Crippen LogP contribution in [0.3, 0.4) is 0 Å². The van der Waals surface area contributed by atoms with Crippen molar-refractivity contribution in [3.63, 3.8) is 0 Å². The lowest BCUT2D eigenvalue weighted by molar-refractivity contribution is 0.309. The third-order valence-corrected chi connectivity index (χ3v) is 5.21. The summed E-state index contributed by atoms with van der Waals surface area (Å²) in [6, 6.07) is 33.0. The molecule has 0 saturated heterocycles. The van der Waals surface area contributed by atoms with Crippen LogP contribution in [0.5, 0.6) is 5.75 Å². The lowest BCUT2D eigenvalue weighted by Crippen LogP contribution is -1.98. The summed E-state index contributed by atoms with van der Waals surface area (Å²) in [5, 5.41) is 16.1. The molecule has 2 nitrogen and oxygen atoms in total. The Morgan fingerprint density at radius 2 is 1.29 bits per heavy atom. The van der Waals surface area contributed by atoms with E-state index in [1.54, 1.807) is 0 Å². The van der Waals surface area contributed by atoms with E-state index < -0.39 is 0 Å². The first-order valence-corrected chi connectivity index (χ1v) is 9.28. The smallest absolute Gasteiger partial charge is 0.120 e. The molecular weight excluding hydrogens is 342 g/mol. The van der Waals surface area contributed by atoms with Crippen LogP contribution >= 0.6 is 0 Å². The van der Waals surface area contributed by atoms with Crippen molar-refractivity contribution in [2.24, 2.45) is 0 Å². The van der Waals surface area contributed by atoms with E-state index in [1.807, 2.05) is 36.4 Å². The molecule has 0 aliphatic carbocycles. The van der Waals surface area contributed by atoms with Crippen molar-refractivity contribution in [3.05, 3.63) is 102 Å². The Balaban J connectivity index is 1.55. The van der Waals surface area contributed by atoms with Crippen molar-refractivity contribution in [1.29, 1.82) is 5.26 Å². The normalized spacial score (nSPS) is 11.0. The first-order chi connectivity index (χ1) is 13.8. The molecule has 0 saturated carbocycles. The minimum atomic E-state index is 0.504. The van der Waals surface area contributed by atoms with Crippen LogP contribution < -0.4 is 4.74 Å². The van der Waals surface area contributed by atoms with Gasteiger partial charge in [-0.15, -0.1) is 0 Å². The molecule has 2 heteroatoms. The Morgan fingerprint density at radius 1 is 0.643 bits per heavy atom. The number of hydrogen-bond acceptors (Lipinski definition) is 2. The topological polar surface area (TPSA) is 33.0 Å². The van der Waals surface area contributed by atoms with Crippen molar-refractivity contribution in [3.8, 4) is 11.8 Å². The fraction of sp³-hybridized carbons (Fsp3) is 0.0385. The SMILES string of the molecule is N#Cc1ccc2cc(OCc3c4ccccc4cc4ccccc34)ccc2c1. The molecule has 0 atom stereocenters. The van der Waals surface area contributed by atoms with Crippen molar-refractivity contribution in [1.82, 2.24) is 0 Å².